The van der Waals surface area contributed by atoms with Crippen LogP contribution in [0.1, 0.15) is 37.3 Å². The number of carbonyl (C=O) groups excluding carboxylic acids is 1. The van der Waals surface area contributed by atoms with Crippen LogP contribution in [-0.4, -0.2) is 24.3 Å². The molecule has 6 nitrogen and oxygen atoms in total. The number of esters is 1. The lowest BCUT2D eigenvalue weighted by Crippen LogP contribution is -2.39. The summed E-state index contributed by atoms with van der Waals surface area (Å²) >= 11 is 2.80. The molecule has 1 aliphatic rings. The quantitative estimate of drug-likeness (QED) is 0.519. The summed E-state index contributed by atoms with van der Waals surface area (Å²) in [5.74, 6) is 0.460. The van der Waals surface area contributed by atoms with Gasteiger partial charge in [0.15, 0.2) is 4.80 Å². The Labute approximate surface area is 193 Å². The third-order valence-electron chi connectivity index (χ3n) is 5.03. The number of para-hydroxylation sites is 1. The molecule has 0 saturated heterocycles. The summed E-state index contributed by atoms with van der Waals surface area (Å²) in [6.07, 6.45) is 1.81. The first-order chi connectivity index (χ1) is 15.4. The van der Waals surface area contributed by atoms with E-state index in [1.165, 1.54) is 22.7 Å². The van der Waals surface area contributed by atoms with Gasteiger partial charge in [0.2, 0.25) is 0 Å². The second-order valence-electron chi connectivity index (χ2n) is 7.83. The zero-order valence-corrected chi connectivity index (χ0v) is 20.0. The van der Waals surface area contributed by atoms with Crippen LogP contribution in [-0.2, 0) is 9.53 Å². The highest BCUT2D eigenvalue weighted by atomic mass is 32.1. The molecule has 0 saturated carbocycles. The van der Waals surface area contributed by atoms with E-state index in [-0.39, 0.29) is 11.5 Å². The van der Waals surface area contributed by atoms with Crippen molar-refractivity contribution in [1.29, 1.82) is 0 Å². The van der Waals surface area contributed by atoms with Crippen LogP contribution >= 0.6 is 22.7 Å². The van der Waals surface area contributed by atoms with Crippen LogP contribution in [0.4, 0.5) is 0 Å². The molecule has 4 rings (SSSR count). The van der Waals surface area contributed by atoms with E-state index < -0.39 is 12.0 Å². The second kappa shape index (κ2) is 9.26. The number of thiazole rings is 1. The number of carbonyl (C=O) groups is 1. The molecule has 0 spiro atoms. The highest BCUT2D eigenvalue weighted by molar-refractivity contribution is 7.10. The van der Waals surface area contributed by atoms with E-state index in [2.05, 4.69) is 4.99 Å². The summed E-state index contributed by atoms with van der Waals surface area (Å²) in [6.45, 7) is 6.07. The number of rotatable bonds is 6. The zero-order chi connectivity index (χ0) is 22.8. The Morgan fingerprint density at radius 2 is 2.03 bits per heavy atom. The number of nitrogens with zero attached hydrogens (tertiary/aromatic N) is 2. The van der Waals surface area contributed by atoms with Crippen LogP contribution < -0.4 is 19.6 Å². The van der Waals surface area contributed by atoms with Crippen LogP contribution in [0.5, 0.6) is 5.75 Å². The monoisotopic (exact) mass is 468 g/mol. The van der Waals surface area contributed by atoms with Gasteiger partial charge < -0.3 is 9.47 Å². The molecule has 2 aromatic heterocycles. The molecule has 0 fully saturated rings. The van der Waals surface area contributed by atoms with Gasteiger partial charge >= 0.3 is 5.97 Å². The number of hydrogen-bond donors (Lipinski definition) is 0. The molecular formula is C24H24N2O4S2. The van der Waals surface area contributed by atoms with Crippen LogP contribution in [0.3, 0.4) is 0 Å². The van der Waals surface area contributed by atoms with Gasteiger partial charge in [0.1, 0.15) is 11.8 Å². The summed E-state index contributed by atoms with van der Waals surface area (Å²) < 4.78 is 13.1. The first kappa shape index (κ1) is 22.2. The highest BCUT2D eigenvalue weighted by Gasteiger charge is 2.34. The second-order valence-corrected chi connectivity index (χ2v) is 9.82. The number of methoxy groups -OCH3 is 1. The molecule has 0 amide bonds. The molecule has 3 aromatic rings. The van der Waals surface area contributed by atoms with Gasteiger partial charge in [-0.05, 0) is 36.4 Å². The highest BCUT2D eigenvalue weighted by Crippen LogP contribution is 2.33. The lowest BCUT2D eigenvalue weighted by atomic mass is 10.0. The summed E-state index contributed by atoms with van der Waals surface area (Å²) in [4.78, 5) is 32.7. The molecule has 166 valence electrons. The smallest absolute Gasteiger partial charge is 0.338 e. The molecule has 1 aromatic carbocycles. The first-order valence-electron chi connectivity index (χ1n) is 10.3. The van der Waals surface area contributed by atoms with Crippen LogP contribution in [0.25, 0.3) is 6.08 Å². The van der Waals surface area contributed by atoms with Crippen molar-refractivity contribution in [1.82, 2.24) is 4.57 Å². The van der Waals surface area contributed by atoms with E-state index >= 15 is 0 Å². The minimum atomic E-state index is -0.564. The van der Waals surface area contributed by atoms with Crippen molar-refractivity contribution >= 4 is 34.7 Å². The minimum absolute atomic E-state index is 0.195. The summed E-state index contributed by atoms with van der Waals surface area (Å²) in [6, 6.07) is 10.8. The first-order valence-corrected chi connectivity index (χ1v) is 12.0. The van der Waals surface area contributed by atoms with Crippen LogP contribution in [0.2, 0.25) is 0 Å². The van der Waals surface area contributed by atoms with Gasteiger partial charge in [0.05, 0.1) is 29.5 Å². The normalized spacial score (nSPS) is 16.2. The summed E-state index contributed by atoms with van der Waals surface area (Å²) in [5, 5.41) is 1.94. The average molecular weight is 469 g/mol. The van der Waals surface area contributed by atoms with Crippen molar-refractivity contribution in [2.75, 3.05) is 13.7 Å². The van der Waals surface area contributed by atoms with Crippen molar-refractivity contribution in [2.45, 2.75) is 26.8 Å². The molecule has 0 aliphatic carbocycles. The molecule has 1 atom stereocenters. The molecule has 0 N–H and O–H groups in total. The Bertz CT molecular complexity index is 1350. The van der Waals surface area contributed by atoms with E-state index in [0.717, 1.165) is 10.4 Å². The Balaban J connectivity index is 1.89. The standard InChI is InChI=1S/C24H24N2O4S2/c1-14(2)13-30-23(28)20-15(3)25-24-26(21(20)18-10-7-11-31-18)22(27)19(32-24)12-16-8-5-6-9-17(16)29-4/h5-12,14,21H,13H2,1-4H3. The summed E-state index contributed by atoms with van der Waals surface area (Å²) in [5.41, 5.74) is 1.59. The topological polar surface area (TPSA) is 69.9 Å². The Kier molecular flexibility index (Phi) is 6.43. The number of allylic oxidation sites excluding steroid dienone is 1. The minimum Gasteiger partial charge on any atom is -0.496 e. The fraction of sp³-hybridized carbons (Fsp3) is 0.292. The van der Waals surface area contributed by atoms with Gasteiger partial charge in [-0.1, -0.05) is 49.4 Å². The third kappa shape index (κ3) is 4.20. The zero-order valence-electron chi connectivity index (χ0n) is 18.3. The van der Waals surface area contributed by atoms with Crippen molar-refractivity contribution < 1.29 is 14.3 Å². The Hall–Kier alpha value is -2.97. The van der Waals surface area contributed by atoms with Crippen LogP contribution in [0.15, 0.2) is 62.8 Å². The number of aromatic nitrogens is 1. The van der Waals surface area contributed by atoms with Crippen molar-refractivity contribution in [3.8, 4) is 5.75 Å². The molecule has 8 heteroatoms. The number of hydrogen-bond acceptors (Lipinski definition) is 7. The molecule has 0 radical (unpaired) electrons. The van der Waals surface area contributed by atoms with E-state index in [4.69, 9.17) is 9.47 Å². The largest absolute Gasteiger partial charge is 0.496 e. The van der Waals surface area contributed by atoms with E-state index in [1.807, 2.05) is 61.7 Å². The third-order valence-corrected chi connectivity index (χ3v) is 6.94. The van der Waals surface area contributed by atoms with Gasteiger partial charge in [-0.3, -0.25) is 9.36 Å². The Morgan fingerprint density at radius 1 is 1.25 bits per heavy atom. The van der Waals surface area contributed by atoms with Crippen LogP contribution in [0, 0.1) is 5.92 Å². The van der Waals surface area contributed by atoms with Gasteiger partial charge in [-0.15, -0.1) is 11.3 Å². The molecular weight excluding hydrogens is 444 g/mol. The van der Waals surface area contributed by atoms with Gasteiger partial charge in [0, 0.05) is 10.4 Å². The lowest BCUT2D eigenvalue weighted by molar-refractivity contribution is -0.140. The lowest BCUT2D eigenvalue weighted by Gasteiger charge is -2.23. The van der Waals surface area contributed by atoms with Gasteiger partial charge in [-0.25, -0.2) is 9.79 Å². The average Bonchev–Trinajstić information content (AvgIpc) is 3.40. The fourth-order valence-corrected chi connectivity index (χ4v) is 5.41. The fourth-order valence-electron chi connectivity index (χ4n) is 3.55. The maximum absolute atomic E-state index is 13.5. The molecule has 1 unspecified atom stereocenters. The van der Waals surface area contributed by atoms with E-state index in [9.17, 15) is 9.59 Å². The van der Waals surface area contributed by atoms with Crippen molar-refractivity contribution in [3.05, 3.63) is 83.2 Å². The SMILES string of the molecule is COc1ccccc1C=c1sc2n(c1=O)C(c1cccs1)C(C(=O)OCC(C)C)=C(C)N=2. The predicted molar refractivity (Wildman–Crippen MR) is 127 cm³/mol. The predicted octanol–water partition coefficient (Wildman–Crippen LogP) is 3.50. The number of benzene rings is 1. The Morgan fingerprint density at radius 3 is 2.72 bits per heavy atom. The maximum Gasteiger partial charge on any atom is 0.338 e. The molecule has 32 heavy (non-hydrogen) atoms. The molecule has 0 bridgehead atoms. The number of ether oxygens (including phenoxy) is 2. The van der Waals surface area contributed by atoms with Gasteiger partial charge in [-0.2, -0.15) is 0 Å². The van der Waals surface area contributed by atoms with E-state index in [1.54, 1.807) is 18.6 Å². The molecule has 3 heterocycles. The van der Waals surface area contributed by atoms with Crippen molar-refractivity contribution in [3.63, 3.8) is 0 Å². The maximum atomic E-state index is 13.5. The summed E-state index contributed by atoms with van der Waals surface area (Å²) in [7, 11) is 1.60. The molecule has 1 aliphatic heterocycles. The van der Waals surface area contributed by atoms with E-state index in [0.29, 0.717) is 33.0 Å². The number of thiophene rings is 1. The number of fused-ring (bicyclic) bond motifs is 1. The van der Waals surface area contributed by atoms with Crippen molar-refractivity contribution in [2.24, 2.45) is 10.9 Å². The van der Waals surface area contributed by atoms with Gasteiger partial charge in [0.25, 0.3) is 5.56 Å².